The first-order valence-electron chi connectivity index (χ1n) is 9.50. The second-order valence-corrected chi connectivity index (χ2v) is 7.19. The van der Waals surface area contributed by atoms with Crippen molar-refractivity contribution >= 4 is 23.4 Å². The van der Waals surface area contributed by atoms with Gasteiger partial charge in [0.05, 0.1) is 19.9 Å². The molecule has 31 heavy (non-hydrogen) atoms. The molecule has 3 rings (SSSR count). The molecule has 0 unspecified atom stereocenters. The van der Waals surface area contributed by atoms with E-state index in [1.165, 1.54) is 7.11 Å². The third kappa shape index (κ3) is 4.80. The van der Waals surface area contributed by atoms with Crippen molar-refractivity contribution in [1.29, 1.82) is 0 Å². The van der Waals surface area contributed by atoms with Gasteiger partial charge in [-0.3, -0.25) is 9.59 Å². The number of benzene rings is 2. The molecular weight excluding hydrogens is 420 g/mol. The number of amides is 2. The first-order valence-corrected chi connectivity index (χ1v) is 9.88. The van der Waals surface area contributed by atoms with Crippen LogP contribution in [0.3, 0.4) is 0 Å². The maximum Gasteiger partial charge on any atom is 0.272 e. The van der Waals surface area contributed by atoms with Gasteiger partial charge in [-0.1, -0.05) is 11.6 Å². The molecular formula is C22H23ClN4O4. The zero-order valence-electron chi connectivity index (χ0n) is 17.4. The van der Waals surface area contributed by atoms with E-state index in [9.17, 15) is 9.59 Å². The number of methoxy groups -OCH3 is 2. The molecule has 1 heterocycles. The minimum Gasteiger partial charge on any atom is -0.497 e. The third-order valence-corrected chi connectivity index (χ3v) is 4.96. The molecule has 0 aliphatic rings. The number of nitrogens with zero attached hydrogens (tertiary/aromatic N) is 2. The Hall–Kier alpha value is -3.52. The molecule has 0 saturated heterocycles. The number of primary amides is 1. The van der Waals surface area contributed by atoms with Crippen molar-refractivity contribution in [2.75, 3.05) is 20.8 Å². The predicted octanol–water partition coefficient (Wildman–Crippen LogP) is 3.12. The van der Waals surface area contributed by atoms with Crippen molar-refractivity contribution in [3.8, 4) is 28.4 Å². The zero-order chi connectivity index (χ0) is 22.5. The van der Waals surface area contributed by atoms with Gasteiger partial charge in [-0.2, -0.15) is 5.10 Å². The van der Waals surface area contributed by atoms with Crippen molar-refractivity contribution in [1.82, 2.24) is 15.1 Å². The van der Waals surface area contributed by atoms with Crippen LogP contribution in [0, 0.1) is 6.92 Å². The average molecular weight is 443 g/mol. The molecule has 0 atom stereocenters. The normalized spacial score (nSPS) is 10.6. The lowest BCUT2D eigenvalue weighted by atomic mass is 10.1. The number of aromatic nitrogens is 2. The van der Waals surface area contributed by atoms with Crippen molar-refractivity contribution in [3.05, 3.63) is 58.7 Å². The Bertz CT molecular complexity index is 1110. The number of halogens is 1. The van der Waals surface area contributed by atoms with Crippen LogP contribution in [-0.2, 0) is 4.79 Å². The number of nitrogens with two attached hydrogens (primary N) is 1. The van der Waals surface area contributed by atoms with Gasteiger partial charge in [0, 0.05) is 35.2 Å². The van der Waals surface area contributed by atoms with E-state index in [4.69, 9.17) is 26.8 Å². The fourth-order valence-electron chi connectivity index (χ4n) is 3.18. The maximum atomic E-state index is 12.8. The van der Waals surface area contributed by atoms with Gasteiger partial charge in [-0.05, 0) is 43.3 Å². The third-order valence-electron chi connectivity index (χ3n) is 4.73. The van der Waals surface area contributed by atoms with Crippen LogP contribution >= 0.6 is 11.6 Å². The van der Waals surface area contributed by atoms with Crippen molar-refractivity contribution in [2.24, 2.45) is 5.73 Å². The molecule has 0 aliphatic heterocycles. The minimum absolute atomic E-state index is 0.0435. The quantitative estimate of drug-likeness (QED) is 0.557. The van der Waals surface area contributed by atoms with Gasteiger partial charge in [-0.25, -0.2) is 4.68 Å². The highest BCUT2D eigenvalue weighted by molar-refractivity contribution is 6.30. The molecule has 0 saturated carbocycles. The highest BCUT2D eigenvalue weighted by Gasteiger charge is 2.23. The molecule has 9 heteroatoms. The molecule has 8 nitrogen and oxygen atoms in total. The number of carbonyl (C=O) groups excluding carboxylic acids is 2. The van der Waals surface area contributed by atoms with Gasteiger partial charge in [0.25, 0.3) is 5.91 Å². The Balaban J connectivity index is 2.14. The summed E-state index contributed by atoms with van der Waals surface area (Å²) in [7, 11) is 3.13. The van der Waals surface area contributed by atoms with E-state index in [0.717, 1.165) is 5.56 Å². The van der Waals surface area contributed by atoms with Crippen LogP contribution in [0.5, 0.6) is 11.5 Å². The van der Waals surface area contributed by atoms with Crippen LogP contribution in [0.2, 0.25) is 5.02 Å². The molecule has 0 bridgehead atoms. The SMILES string of the molecule is COc1ccc(-c2c(C)c(C(=O)NCCC(N)=O)nn2-c2ccc(Cl)cc2OC)cc1. The second-order valence-electron chi connectivity index (χ2n) is 6.75. The van der Waals surface area contributed by atoms with Crippen LogP contribution in [0.15, 0.2) is 42.5 Å². The van der Waals surface area contributed by atoms with Crippen LogP contribution in [0.25, 0.3) is 16.9 Å². The zero-order valence-corrected chi connectivity index (χ0v) is 18.2. The Morgan fingerprint density at radius 1 is 1.13 bits per heavy atom. The molecule has 0 spiro atoms. The van der Waals surface area contributed by atoms with E-state index >= 15 is 0 Å². The van der Waals surface area contributed by atoms with E-state index in [-0.39, 0.29) is 18.7 Å². The smallest absolute Gasteiger partial charge is 0.272 e. The summed E-state index contributed by atoms with van der Waals surface area (Å²) in [6, 6.07) is 12.6. The highest BCUT2D eigenvalue weighted by Crippen LogP contribution is 2.34. The summed E-state index contributed by atoms with van der Waals surface area (Å²) in [5.74, 6) is 0.318. The van der Waals surface area contributed by atoms with E-state index < -0.39 is 11.8 Å². The van der Waals surface area contributed by atoms with Gasteiger partial charge in [0.1, 0.15) is 17.2 Å². The van der Waals surface area contributed by atoms with Crippen molar-refractivity contribution in [3.63, 3.8) is 0 Å². The Kier molecular flexibility index (Phi) is 6.81. The molecule has 3 N–H and O–H groups in total. The maximum absolute atomic E-state index is 12.8. The summed E-state index contributed by atoms with van der Waals surface area (Å²) in [5, 5.41) is 7.77. The summed E-state index contributed by atoms with van der Waals surface area (Å²) in [5.41, 5.74) is 8.21. The van der Waals surface area contributed by atoms with Gasteiger partial charge in [0.2, 0.25) is 5.91 Å². The van der Waals surface area contributed by atoms with E-state index in [1.54, 1.807) is 30.0 Å². The van der Waals surface area contributed by atoms with Gasteiger partial charge >= 0.3 is 0 Å². The number of nitrogens with one attached hydrogen (secondary N) is 1. The lowest BCUT2D eigenvalue weighted by molar-refractivity contribution is -0.117. The Labute approximate surface area is 184 Å². The fourth-order valence-corrected chi connectivity index (χ4v) is 3.35. The topological polar surface area (TPSA) is 108 Å². The second kappa shape index (κ2) is 9.53. The molecule has 0 radical (unpaired) electrons. The molecule has 1 aromatic heterocycles. The summed E-state index contributed by atoms with van der Waals surface area (Å²) in [6.07, 6.45) is 0.0435. The summed E-state index contributed by atoms with van der Waals surface area (Å²) in [4.78, 5) is 23.8. The summed E-state index contributed by atoms with van der Waals surface area (Å²) in [6.45, 7) is 1.94. The van der Waals surface area contributed by atoms with Crippen LogP contribution in [0.4, 0.5) is 0 Å². The van der Waals surface area contributed by atoms with E-state index in [0.29, 0.717) is 33.5 Å². The van der Waals surface area contributed by atoms with Gasteiger partial charge in [0.15, 0.2) is 5.69 Å². The number of carbonyl (C=O) groups is 2. The lowest BCUT2D eigenvalue weighted by Crippen LogP contribution is -2.28. The van der Waals surface area contributed by atoms with E-state index in [1.807, 2.05) is 31.2 Å². The number of rotatable bonds is 8. The monoisotopic (exact) mass is 442 g/mol. The predicted molar refractivity (Wildman–Crippen MR) is 118 cm³/mol. The standard InChI is InChI=1S/C22H23ClN4O4/c1-13-20(22(29)25-11-10-19(24)28)26-27(17-9-6-15(23)12-18(17)31-3)21(13)14-4-7-16(30-2)8-5-14/h4-9,12H,10-11H2,1-3H3,(H2,24,28)(H,25,29). The first kappa shape index (κ1) is 22.2. The number of ether oxygens (including phenoxy) is 2. The molecule has 2 aromatic carbocycles. The molecule has 2 amide bonds. The van der Waals surface area contributed by atoms with Gasteiger partial charge < -0.3 is 20.5 Å². The summed E-state index contributed by atoms with van der Waals surface area (Å²) < 4.78 is 12.4. The first-order chi connectivity index (χ1) is 14.8. The molecule has 162 valence electrons. The largest absolute Gasteiger partial charge is 0.497 e. The summed E-state index contributed by atoms with van der Waals surface area (Å²) >= 11 is 6.12. The minimum atomic E-state index is -0.493. The van der Waals surface area contributed by atoms with Crippen LogP contribution in [-0.4, -0.2) is 42.4 Å². The molecule has 0 fully saturated rings. The van der Waals surface area contributed by atoms with Crippen LogP contribution < -0.4 is 20.5 Å². The van der Waals surface area contributed by atoms with Crippen LogP contribution in [0.1, 0.15) is 22.5 Å². The van der Waals surface area contributed by atoms with Gasteiger partial charge in [-0.15, -0.1) is 0 Å². The average Bonchev–Trinajstić information content (AvgIpc) is 3.10. The van der Waals surface area contributed by atoms with E-state index in [2.05, 4.69) is 10.4 Å². The number of hydrogen-bond donors (Lipinski definition) is 2. The van der Waals surface area contributed by atoms with Crippen molar-refractivity contribution in [2.45, 2.75) is 13.3 Å². The highest BCUT2D eigenvalue weighted by atomic mass is 35.5. The lowest BCUT2D eigenvalue weighted by Gasteiger charge is -2.13. The molecule has 3 aromatic rings. The molecule has 0 aliphatic carbocycles. The number of hydrogen-bond acceptors (Lipinski definition) is 5. The fraction of sp³-hybridized carbons (Fsp3) is 0.227. The Morgan fingerprint density at radius 3 is 2.45 bits per heavy atom. The van der Waals surface area contributed by atoms with Crippen molar-refractivity contribution < 1.29 is 19.1 Å². The Morgan fingerprint density at radius 2 is 1.84 bits per heavy atom.